The van der Waals surface area contributed by atoms with Crippen molar-refractivity contribution in [2.24, 2.45) is 0 Å². The minimum Gasteiger partial charge on any atom is -0.384 e. The van der Waals surface area contributed by atoms with Crippen molar-refractivity contribution >= 4 is 29.1 Å². The second-order valence-corrected chi connectivity index (χ2v) is 4.17. The smallest absolute Gasteiger partial charge is 0.249 e. The zero-order chi connectivity index (χ0) is 13.0. The van der Waals surface area contributed by atoms with E-state index in [1.807, 2.05) is 6.07 Å². The molecule has 2 atom stereocenters. The van der Waals surface area contributed by atoms with Crippen LogP contribution in [0.15, 0.2) is 18.2 Å². The summed E-state index contributed by atoms with van der Waals surface area (Å²) in [5.74, 6) is -0.646. The van der Waals surface area contributed by atoms with E-state index < -0.39 is 18.1 Å². The number of nitrogens with zero attached hydrogens (tertiary/aromatic N) is 1. The third kappa shape index (κ3) is 3.34. The Bertz CT molecular complexity index is 469. The highest BCUT2D eigenvalue weighted by molar-refractivity contribution is 6.42. The number of rotatable bonds is 3. The molecule has 0 saturated carbocycles. The van der Waals surface area contributed by atoms with Gasteiger partial charge >= 0.3 is 0 Å². The largest absolute Gasteiger partial charge is 0.384 e. The number of hydrogen-bond acceptors (Lipinski definition) is 3. The Hall–Kier alpha value is -1.28. The molecule has 0 saturated heterocycles. The predicted octanol–water partition coefficient (Wildman–Crippen LogP) is 2.06. The number of benzene rings is 1. The summed E-state index contributed by atoms with van der Waals surface area (Å²) in [7, 11) is 0. The van der Waals surface area contributed by atoms with Crippen molar-refractivity contribution in [2.75, 3.05) is 0 Å². The van der Waals surface area contributed by atoms with Gasteiger partial charge in [0.05, 0.1) is 16.1 Å². The van der Waals surface area contributed by atoms with Crippen LogP contribution in [0.3, 0.4) is 0 Å². The van der Waals surface area contributed by atoms with Gasteiger partial charge in [-0.1, -0.05) is 35.3 Å². The van der Waals surface area contributed by atoms with Gasteiger partial charge in [-0.2, -0.15) is 5.26 Å². The van der Waals surface area contributed by atoms with Gasteiger partial charge in [0.15, 0.2) is 0 Å². The average molecular weight is 273 g/mol. The van der Waals surface area contributed by atoms with Crippen molar-refractivity contribution in [1.29, 1.82) is 5.26 Å². The maximum atomic E-state index is 11.3. The summed E-state index contributed by atoms with van der Waals surface area (Å²) in [4.78, 5) is 11.3. The molecule has 1 rings (SSSR count). The molecule has 2 unspecified atom stereocenters. The van der Waals surface area contributed by atoms with Crippen LogP contribution in [-0.2, 0) is 4.79 Å². The highest BCUT2D eigenvalue weighted by Crippen LogP contribution is 2.29. The van der Waals surface area contributed by atoms with E-state index in [0.29, 0.717) is 10.6 Å². The van der Waals surface area contributed by atoms with Crippen molar-refractivity contribution in [1.82, 2.24) is 5.32 Å². The third-order valence-corrected chi connectivity index (χ3v) is 2.92. The van der Waals surface area contributed by atoms with Gasteiger partial charge in [0.25, 0.3) is 0 Å². The van der Waals surface area contributed by atoms with E-state index in [-0.39, 0.29) is 5.02 Å². The second-order valence-electron chi connectivity index (χ2n) is 3.39. The first kappa shape index (κ1) is 13.8. The summed E-state index contributed by atoms with van der Waals surface area (Å²) in [6.45, 7) is 1.31. The molecule has 0 aromatic heterocycles. The lowest BCUT2D eigenvalue weighted by Gasteiger charge is -2.15. The van der Waals surface area contributed by atoms with Crippen molar-refractivity contribution in [2.45, 2.75) is 19.1 Å². The standard InChI is InChI=1S/C11H10Cl2N2O2/c1-6(16)11(17)15-9(5-14)7-3-2-4-8(12)10(7)13/h2-4,6,9,16H,1H3,(H,15,17). The lowest BCUT2D eigenvalue weighted by atomic mass is 10.1. The summed E-state index contributed by atoms with van der Waals surface area (Å²) >= 11 is 11.7. The minimum absolute atomic E-state index is 0.214. The molecule has 0 aliphatic heterocycles. The Morgan fingerprint density at radius 3 is 2.71 bits per heavy atom. The molecule has 2 N–H and O–H groups in total. The zero-order valence-electron chi connectivity index (χ0n) is 8.95. The number of nitrogens with one attached hydrogen (secondary N) is 1. The van der Waals surface area contributed by atoms with E-state index in [1.165, 1.54) is 6.92 Å². The van der Waals surface area contributed by atoms with Crippen LogP contribution < -0.4 is 5.32 Å². The zero-order valence-corrected chi connectivity index (χ0v) is 10.5. The molecule has 90 valence electrons. The van der Waals surface area contributed by atoms with Crippen molar-refractivity contribution in [3.05, 3.63) is 33.8 Å². The van der Waals surface area contributed by atoms with Crippen LogP contribution in [0, 0.1) is 11.3 Å². The molecule has 1 aromatic carbocycles. The Kier molecular flexibility index (Phi) is 4.76. The number of amides is 1. The molecule has 0 spiro atoms. The SMILES string of the molecule is CC(O)C(=O)NC(C#N)c1cccc(Cl)c1Cl. The van der Waals surface area contributed by atoms with Crippen LogP contribution in [0.1, 0.15) is 18.5 Å². The van der Waals surface area contributed by atoms with Gasteiger partial charge < -0.3 is 10.4 Å². The van der Waals surface area contributed by atoms with Crippen LogP contribution >= 0.6 is 23.2 Å². The van der Waals surface area contributed by atoms with E-state index >= 15 is 0 Å². The minimum atomic E-state index is -1.19. The molecule has 4 nitrogen and oxygen atoms in total. The molecule has 1 amide bonds. The van der Waals surface area contributed by atoms with Crippen molar-refractivity contribution in [3.63, 3.8) is 0 Å². The molecule has 0 bridgehead atoms. The quantitative estimate of drug-likeness (QED) is 0.885. The molecule has 6 heteroatoms. The average Bonchev–Trinajstić information content (AvgIpc) is 2.29. The predicted molar refractivity (Wildman–Crippen MR) is 64.6 cm³/mol. The third-order valence-electron chi connectivity index (χ3n) is 2.09. The van der Waals surface area contributed by atoms with E-state index in [0.717, 1.165) is 0 Å². The lowest BCUT2D eigenvalue weighted by molar-refractivity contribution is -0.128. The van der Waals surface area contributed by atoms with E-state index in [2.05, 4.69) is 5.32 Å². The van der Waals surface area contributed by atoms with Gasteiger partial charge in [-0.3, -0.25) is 4.79 Å². The highest BCUT2D eigenvalue weighted by atomic mass is 35.5. The van der Waals surface area contributed by atoms with Crippen LogP contribution in [-0.4, -0.2) is 17.1 Å². The summed E-state index contributed by atoms with van der Waals surface area (Å²) in [6, 6.07) is 5.74. The lowest BCUT2D eigenvalue weighted by Crippen LogP contribution is -2.35. The molecular formula is C11H10Cl2N2O2. The molecule has 0 aliphatic carbocycles. The first-order chi connectivity index (χ1) is 7.97. The number of hydrogen-bond donors (Lipinski definition) is 2. The molecular weight excluding hydrogens is 263 g/mol. The van der Waals surface area contributed by atoms with Gasteiger partial charge in [0.2, 0.25) is 5.91 Å². The first-order valence-corrected chi connectivity index (χ1v) is 5.55. The Morgan fingerprint density at radius 2 is 2.18 bits per heavy atom. The monoisotopic (exact) mass is 272 g/mol. The molecule has 0 aliphatic rings. The van der Waals surface area contributed by atoms with Gasteiger partial charge in [-0.15, -0.1) is 0 Å². The van der Waals surface area contributed by atoms with E-state index in [9.17, 15) is 4.79 Å². The Morgan fingerprint density at radius 1 is 1.53 bits per heavy atom. The summed E-state index contributed by atoms with van der Waals surface area (Å²) in [5.41, 5.74) is 0.399. The van der Waals surface area contributed by atoms with Gasteiger partial charge in [0.1, 0.15) is 12.1 Å². The first-order valence-electron chi connectivity index (χ1n) is 4.79. The maximum absolute atomic E-state index is 11.3. The maximum Gasteiger partial charge on any atom is 0.249 e. The normalized spacial score (nSPS) is 13.6. The van der Waals surface area contributed by atoms with Gasteiger partial charge in [0, 0.05) is 5.56 Å². The number of aliphatic hydroxyl groups excluding tert-OH is 1. The van der Waals surface area contributed by atoms with Crippen molar-refractivity contribution in [3.8, 4) is 6.07 Å². The van der Waals surface area contributed by atoms with E-state index in [1.54, 1.807) is 18.2 Å². The van der Waals surface area contributed by atoms with Gasteiger partial charge in [-0.05, 0) is 13.0 Å². The molecule has 0 radical (unpaired) electrons. The van der Waals surface area contributed by atoms with Crippen LogP contribution in [0.2, 0.25) is 10.0 Å². The highest BCUT2D eigenvalue weighted by Gasteiger charge is 2.20. The summed E-state index contributed by atoms with van der Waals surface area (Å²) in [5, 5.41) is 20.9. The molecule has 0 heterocycles. The number of nitriles is 1. The summed E-state index contributed by atoms with van der Waals surface area (Å²) < 4.78 is 0. The summed E-state index contributed by atoms with van der Waals surface area (Å²) in [6.07, 6.45) is -1.19. The Balaban J connectivity index is 3.00. The molecule has 1 aromatic rings. The number of carbonyl (C=O) groups excluding carboxylic acids is 1. The van der Waals surface area contributed by atoms with E-state index in [4.69, 9.17) is 33.6 Å². The topological polar surface area (TPSA) is 73.1 Å². The van der Waals surface area contributed by atoms with Gasteiger partial charge in [-0.25, -0.2) is 0 Å². The van der Waals surface area contributed by atoms with Crippen LogP contribution in [0.25, 0.3) is 0 Å². The fraction of sp³-hybridized carbons (Fsp3) is 0.273. The molecule has 0 fully saturated rings. The fourth-order valence-corrected chi connectivity index (χ4v) is 1.60. The van der Waals surface area contributed by atoms with Crippen LogP contribution in [0.5, 0.6) is 0 Å². The van der Waals surface area contributed by atoms with Crippen LogP contribution in [0.4, 0.5) is 0 Å². The molecule has 17 heavy (non-hydrogen) atoms. The Labute approximate surface area is 109 Å². The number of aliphatic hydroxyl groups is 1. The fourth-order valence-electron chi connectivity index (χ4n) is 1.19. The second kappa shape index (κ2) is 5.87. The number of carbonyl (C=O) groups is 1. The number of halogens is 2. The van der Waals surface area contributed by atoms with Crippen molar-refractivity contribution < 1.29 is 9.90 Å².